The Hall–Kier alpha value is -0.960. The maximum atomic E-state index is 5.90. The molecule has 0 spiro atoms. The van der Waals surface area contributed by atoms with Gasteiger partial charge < -0.3 is 10.6 Å². The van der Waals surface area contributed by atoms with Gasteiger partial charge in [0.2, 0.25) is 5.95 Å². The summed E-state index contributed by atoms with van der Waals surface area (Å²) in [6, 6.07) is 0.243. The van der Waals surface area contributed by atoms with Crippen molar-refractivity contribution in [1.82, 2.24) is 19.6 Å². The van der Waals surface area contributed by atoms with Crippen molar-refractivity contribution in [2.45, 2.75) is 12.5 Å². The van der Waals surface area contributed by atoms with Crippen LogP contribution >= 0.6 is 22.6 Å². The summed E-state index contributed by atoms with van der Waals surface area (Å²) in [6.07, 6.45) is 4.53. The van der Waals surface area contributed by atoms with E-state index in [1.807, 2.05) is 10.6 Å². The molecule has 1 atom stereocenters. The Kier molecular flexibility index (Phi) is 2.43. The number of hydrogen-bond acceptors (Lipinski definition) is 5. The highest BCUT2D eigenvalue weighted by molar-refractivity contribution is 14.1. The van der Waals surface area contributed by atoms with Crippen molar-refractivity contribution in [2.75, 3.05) is 18.0 Å². The molecule has 0 saturated carbocycles. The molecule has 6 nitrogen and oxygen atoms in total. The summed E-state index contributed by atoms with van der Waals surface area (Å²) in [7, 11) is 0. The van der Waals surface area contributed by atoms with Gasteiger partial charge in [-0.05, 0) is 29.0 Å². The standard InChI is InChI=1S/C9H11IN6/c10-7-3-12-9(15-2-1-6(11)4-15)16-5-13-14-8(7)16/h3,5-6H,1-2,4,11H2. The quantitative estimate of drug-likeness (QED) is 0.760. The van der Waals surface area contributed by atoms with E-state index in [-0.39, 0.29) is 6.04 Å². The largest absolute Gasteiger partial charge is 0.340 e. The zero-order chi connectivity index (χ0) is 11.1. The first kappa shape index (κ1) is 10.2. The Morgan fingerprint density at radius 1 is 1.50 bits per heavy atom. The Labute approximate surface area is 106 Å². The lowest BCUT2D eigenvalue weighted by molar-refractivity contribution is 0.749. The highest BCUT2D eigenvalue weighted by atomic mass is 127. The van der Waals surface area contributed by atoms with Crippen LogP contribution in [0.5, 0.6) is 0 Å². The molecule has 3 rings (SSSR count). The summed E-state index contributed by atoms with van der Waals surface area (Å²) in [5.41, 5.74) is 6.75. The predicted molar refractivity (Wildman–Crippen MR) is 68.3 cm³/mol. The molecule has 2 aromatic heterocycles. The van der Waals surface area contributed by atoms with Gasteiger partial charge in [0, 0.05) is 25.3 Å². The number of nitrogens with zero attached hydrogens (tertiary/aromatic N) is 5. The number of anilines is 1. The van der Waals surface area contributed by atoms with Crippen molar-refractivity contribution in [2.24, 2.45) is 5.73 Å². The van der Waals surface area contributed by atoms with Crippen LogP contribution in [0.25, 0.3) is 5.65 Å². The van der Waals surface area contributed by atoms with Crippen molar-refractivity contribution in [1.29, 1.82) is 0 Å². The van der Waals surface area contributed by atoms with Gasteiger partial charge in [-0.15, -0.1) is 10.2 Å². The molecule has 3 heterocycles. The topological polar surface area (TPSA) is 72.3 Å². The van der Waals surface area contributed by atoms with Gasteiger partial charge in [0.15, 0.2) is 5.65 Å². The second-order valence-corrected chi connectivity index (χ2v) is 5.09. The summed E-state index contributed by atoms with van der Waals surface area (Å²) in [5, 5.41) is 8.00. The molecule has 16 heavy (non-hydrogen) atoms. The zero-order valence-corrected chi connectivity index (χ0v) is 10.7. The maximum absolute atomic E-state index is 5.90. The number of nitrogens with two attached hydrogens (primary N) is 1. The normalized spacial score (nSPS) is 20.9. The zero-order valence-electron chi connectivity index (χ0n) is 8.54. The third-order valence-corrected chi connectivity index (χ3v) is 3.54. The van der Waals surface area contributed by atoms with Crippen molar-refractivity contribution < 1.29 is 0 Å². The van der Waals surface area contributed by atoms with Crippen molar-refractivity contribution in [3.8, 4) is 0 Å². The van der Waals surface area contributed by atoms with Gasteiger partial charge >= 0.3 is 0 Å². The van der Waals surface area contributed by atoms with Crippen LogP contribution < -0.4 is 10.6 Å². The van der Waals surface area contributed by atoms with Crippen LogP contribution in [0.2, 0.25) is 0 Å². The number of fused-ring (bicyclic) bond motifs is 1. The van der Waals surface area contributed by atoms with Crippen molar-refractivity contribution in [3.05, 3.63) is 16.1 Å². The summed E-state index contributed by atoms with van der Waals surface area (Å²) in [6.45, 7) is 1.79. The minimum absolute atomic E-state index is 0.243. The van der Waals surface area contributed by atoms with Gasteiger partial charge in [-0.2, -0.15) is 0 Å². The van der Waals surface area contributed by atoms with Crippen molar-refractivity contribution in [3.63, 3.8) is 0 Å². The fourth-order valence-electron chi connectivity index (χ4n) is 1.98. The van der Waals surface area contributed by atoms with Crippen LogP contribution in [0.15, 0.2) is 12.5 Å². The summed E-state index contributed by atoms with van der Waals surface area (Å²) in [5.74, 6) is 0.883. The van der Waals surface area contributed by atoms with E-state index in [1.54, 1.807) is 6.33 Å². The first-order valence-corrected chi connectivity index (χ1v) is 6.18. The van der Waals surface area contributed by atoms with Crippen LogP contribution in [-0.4, -0.2) is 38.7 Å². The molecule has 0 aliphatic carbocycles. The SMILES string of the molecule is NC1CCN(c2ncc(I)c3nncn23)C1. The Morgan fingerprint density at radius 2 is 2.38 bits per heavy atom. The monoisotopic (exact) mass is 330 g/mol. The van der Waals surface area contributed by atoms with Crippen LogP contribution in [0.3, 0.4) is 0 Å². The molecule has 1 aliphatic heterocycles. The van der Waals surface area contributed by atoms with Gasteiger partial charge in [0.1, 0.15) is 6.33 Å². The smallest absolute Gasteiger partial charge is 0.212 e. The van der Waals surface area contributed by atoms with E-state index in [9.17, 15) is 0 Å². The Bertz CT molecular complexity index is 524. The van der Waals surface area contributed by atoms with Gasteiger partial charge in [-0.1, -0.05) is 0 Å². The lowest BCUT2D eigenvalue weighted by atomic mass is 10.3. The lowest BCUT2D eigenvalue weighted by Crippen LogP contribution is -2.28. The molecule has 0 radical (unpaired) electrons. The van der Waals surface area contributed by atoms with Crippen LogP contribution in [-0.2, 0) is 0 Å². The molecule has 2 N–H and O–H groups in total. The maximum Gasteiger partial charge on any atom is 0.212 e. The highest BCUT2D eigenvalue weighted by Crippen LogP contribution is 2.20. The second kappa shape index (κ2) is 3.81. The highest BCUT2D eigenvalue weighted by Gasteiger charge is 2.22. The fourth-order valence-corrected chi connectivity index (χ4v) is 2.49. The van der Waals surface area contributed by atoms with E-state index >= 15 is 0 Å². The minimum Gasteiger partial charge on any atom is -0.340 e. The van der Waals surface area contributed by atoms with E-state index in [1.165, 1.54) is 0 Å². The third-order valence-electron chi connectivity index (χ3n) is 2.78. The van der Waals surface area contributed by atoms with Crippen molar-refractivity contribution >= 4 is 34.2 Å². The average molecular weight is 330 g/mol. The fraction of sp³-hybridized carbons (Fsp3) is 0.444. The predicted octanol–water partition coefficient (Wildman–Crippen LogP) is 0.266. The molecule has 1 aliphatic rings. The molecule has 0 amide bonds. The second-order valence-electron chi connectivity index (χ2n) is 3.93. The molecular weight excluding hydrogens is 319 g/mol. The molecule has 0 bridgehead atoms. The molecule has 7 heteroatoms. The van der Waals surface area contributed by atoms with E-state index in [4.69, 9.17) is 5.73 Å². The van der Waals surface area contributed by atoms with Gasteiger partial charge in [0.25, 0.3) is 0 Å². The van der Waals surface area contributed by atoms with E-state index in [0.717, 1.165) is 34.7 Å². The van der Waals surface area contributed by atoms with Crippen LogP contribution in [0.4, 0.5) is 5.95 Å². The minimum atomic E-state index is 0.243. The molecular formula is C9H11IN6. The van der Waals surface area contributed by atoms with Gasteiger partial charge in [-0.3, -0.25) is 4.40 Å². The van der Waals surface area contributed by atoms with Gasteiger partial charge in [0.05, 0.1) is 3.57 Å². The third kappa shape index (κ3) is 1.54. The van der Waals surface area contributed by atoms with E-state index in [2.05, 4.69) is 42.7 Å². The van der Waals surface area contributed by atoms with E-state index in [0.29, 0.717) is 0 Å². The average Bonchev–Trinajstić information content (AvgIpc) is 2.87. The Balaban J connectivity index is 2.10. The number of aromatic nitrogens is 4. The van der Waals surface area contributed by atoms with Gasteiger partial charge in [-0.25, -0.2) is 4.98 Å². The first-order chi connectivity index (χ1) is 7.75. The summed E-state index contributed by atoms with van der Waals surface area (Å²) >= 11 is 2.21. The first-order valence-electron chi connectivity index (χ1n) is 5.10. The number of rotatable bonds is 1. The van der Waals surface area contributed by atoms with Crippen LogP contribution in [0.1, 0.15) is 6.42 Å². The summed E-state index contributed by atoms with van der Waals surface area (Å²) < 4.78 is 2.92. The number of hydrogen-bond donors (Lipinski definition) is 1. The molecule has 1 unspecified atom stereocenters. The molecule has 2 aromatic rings. The number of halogens is 1. The summed E-state index contributed by atoms with van der Waals surface area (Å²) in [4.78, 5) is 6.62. The van der Waals surface area contributed by atoms with Crippen LogP contribution in [0, 0.1) is 3.57 Å². The molecule has 1 saturated heterocycles. The lowest BCUT2D eigenvalue weighted by Gasteiger charge is -2.17. The Morgan fingerprint density at radius 3 is 3.12 bits per heavy atom. The van der Waals surface area contributed by atoms with E-state index < -0.39 is 0 Å². The molecule has 84 valence electrons. The molecule has 1 fully saturated rings. The molecule has 0 aromatic carbocycles.